The van der Waals surface area contributed by atoms with E-state index >= 15 is 0 Å². The normalized spacial score (nSPS) is 17.7. The minimum atomic E-state index is 0.282. The minimum absolute atomic E-state index is 0.282. The molecule has 0 spiro atoms. The van der Waals surface area contributed by atoms with Gasteiger partial charge in [-0.1, -0.05) is 6.07 Å². The molecule has 0 aliphatic carbocycles. The molecule has 5 heterocycles. The number of anilines is 2. The Morgan fingerprint density at radius 1 is 1.19 bits per heavy atom. The van der Waals surface area contributed by atoms with Gasteiger partial charge in [0.2, 0.25) is 0 Å². The number of aryl methyl sites for hydroxylation is 1. The molecule has 32 heavy (non-hydrogen) atoms. The molecule has 2 saturated heterocycles. The van der Waals surface area contributed by atoms with Gasteiger partial charge in [-0.25, -0.2) is 14.5 Å². The number of aromatic nitrogens is 5. The first-order chi connectivity index (χ1) is 15.7. The van der Waals surface area contributed by atoms with Gasteiger partial charge in [0.25, 0.3) is 0 Å². The first kappa shape index (κ1) is 20.9. The summed E-state index contributed by atoms with van der Waals surface area (Å²) in [7, 11) is 0. The van der Waals surface area contributed by atoms with Crippen molar-refractivity contribution < 1.29 is 9.47 Å². The van der Waals surface area contributed by atoms with E-state index in [9.17, 15) is 0 Å². The summed E-state index contributed by atoms with van der Waals surface area (Å²) in [6.07, 6.45) is 6.36. The number of nitrogens with two attached hydrogens (primary N) is 1. The minimum Gasteiger partial charge on any atom is -0.462 e. The van der Waals surface area contributed by atoms with Crippen LogP contribution in [0.3, 0.4) is 0 Å². The molecule has 5 rings (SSSR count). The van der Waals surface area contributed by atoms with E-state index in [0.29, 0.717) is 30.4 Å². The van der Waals surface area contributed by atoms with Crippen LogP contribution in [0.1, 0.15) is 29.7 Å². The second-order valence-corrected chi connectivity index (χ2v) is 8.53. The topological polar surface area (TPSA) is 116 Å². The van der Waals surface area contributed by atoms with E-state index in [1.54, 1.807) is 10.7 Å². The third-order valence-corrected chi connectivity index (χ3v) is 6.14. The average molecular weight is 439 g/mol. The van der Waals surface area contributed by atoms with Gasteiger partial charge in [-0.3, -0.25) is 0 Å². The molecule has 10 nitrogen and oxygen atoms in total. The number of fused-ring (bicyclic) bond motifs is 1. The van der Waals surface area contributed by atoms with Crippen LogP contribution in [-0.4, -0.2) is 70.6 Å². The maximum atomic E-state index is 6.14. The molecule has 0 atom stereocenters. The van der Waals surface area contributed by atoms with E-state index in [0.717, 1.165) is 69.3 Å². The van der Waals surface area contributed by atoms with Crippen molar-refractivity contribution in [1.82, 2.24) is 29.9 Å². The highest BCUT2D eigenvalue weighted by Gasteiger charge is 2.18. The van der Waals surface area contributed by atoms with Crippen LogP contribution in [0.2, 0.25) is 0 Å². The van der Waals surface area contributed by atoms with E-state index in [1.165, 1.54) is 5.56 Å². The number of ether oxygens (including phenoxy) is 2. The lowest BCUT2D eigenvalue weighted by Gasteiger charge is -2.29. The fraction of sp³-hybridized carbons (Fsp3) is 0.545. The van der Waals surface area contributed by atoms with Crippen molar-refractivity contribution in [2.24, 2.45) is 5.92 Å². The molecule has 0 saturated carbocycles. The number of piperazine rings is 1. The summed E-state index contributed by atoms with van der Waals surface area (Å²) in [5.74, 6) is 1.83. The Kier molecular flexibility index (Phi) is 6.04. The van der Waals surface area contributed by atoms with Crippen molar-refractivity contribution in [1.29, 1.82) is 0 Å². The van der Waals surface area contributed by atoms with E-state index in [1.807, 2.05) is 6.20 Å². The van der Waals surface area contributed by atoms with Crippen molar-refractivity contribution in [3.8, 4) is 6.01 Å². The molecular formula is C22H30N8O2. The number of hydrogen-bond acceptors (Lipinski definition) is 9. The van der Waals surface area contributed by atoms with Gasteiger partial charge in [0, 0.05) is 52.0 Å². The summed E-state index contributed by atoms with van der Waals surface area (Å²) >= 11 is 0. The average Bonchev–Trinajstić information content (AvgIpc) is 3.22. The molecule has 2 fully saturated rings. The second-order valence-electron chi connectivity index (χ2n) is 8.53. The summed E-state index contributed by atoms with van der Waals surface area (Å²) in [5, 5.41) is 7.95. The molecule has 2 aliphatic rings. The van der Waals surface area contributed by atoms with Crippen LogP contribution >= 0.6 is 0 Å². The van der Waals surface area contributed by atoms with Gasteiger partial charge in [-0.05, 0) is 36.8 Å². The molecule has 3 N–H and O–H groups in total. The highest BCUT2D eigenvalue weighted by atomic mass is 16.5. The van der Waals surface area contributed by atoms with Gasteiger partial charge in [-0.15, -0.1) is 5.10 Å². The van der Waals surface area contributed by atoms with Crippen molar-refractivity contribution in [2.45, 2.75) is 26.2 Å². The molecule has 3 aromatic heterocycles. The van der Waals surface area contributed by atoms with Gasteiger partial charge in [-0.2, -0.15) is 4.98 Å². The molecular weight excluding hydrogens is 408 g/mol. The van der Waals surface area contributed by atoms with Crippen LogP contribution in [0.5, 0.6) is 6.01 Å². The van der Waals surface area contributed by atoms with Gasteiger partial charge >= 0.3 is 6.01 Å². The van der Waals surface area contributed by atoms with Crippen LogP contribution in [0.25, 0.3) is 5.65 Å². The summed E-state index contributed by atoms with van der Waals surface area (Å²) in [5.41, 5.74) is 9.88. The predicted molar refractivity (Wildman–Crippen MR) is 121 cm³/mol. The second kappa shape index (κ2) is 9.25. The maximum absolute atomic E-state index is 6.14. The van der Waals surface area contributed by atoms with E-state index < -0.39 is 0 Å². The largest absolute Gasteiger partial charge is 0.462 e. The third-order valence-electron chi connectivity index (χ3n) is 6.14. The molecule has 0 aromatic carbocycles. The van der Waals surface area contributed by atoms with E-state index in [-0.39, 0.29) is 6.01 Å². The van der Waals surface area contributed by atoms with Gasteiger partial charge in [0.05, 0.1) is 18.5 Å². The first-order valence-corrected chi connectivity index (χ1v) is 11.3. The number of rotatable bonds is 6. The lowest BCUT2D eigenvalue weighted by atomic mass is 10.0. The molecule has 0 unspecified atom stereocenters. The SMILES string of the molecule is Cc1cc(Cc2cnc3c(N)nc(OCC4CCOCC4)nn23)cnc1N1CCNCC1. The van der Waals surface area contributed by atoms with Crippen molar-refractivity contribution in [2.75, 3.05) is 56.6 Å². The monoisotopic (exact) mass is 438 g/mol. The maximum Gasteiger partial charge on any atom is 0.336 e. The molecule has 170 valence electrons. The molecule has 0 radical (unpaired) electrons. The van der Waals surface area contributed by atoms with Gasteiger partial charge < -0.3 is 25.4 Å². The molecule has 0 amide bonds. The molecule has 0 bridgehead atoms. The summed E-state index contributed by atoms with van der Waals surface area (Å²) < 4.78 is 13.0. The first-order valence-electron chi connectivity index (χ1n) is 11.3. The smallest absolute Gasteiger partial charge is 0.336 e. The Labute approximate surface area is 187 Å². The Morgan fingerprint density at radius 3 is 2.78 bits per heavy atom. The standard InChI is InChI=1S/C22H30N8O2/c1-15-10-17(12-25-20(15)29-6-4-24-5-7-29)11-18-13-26-21-19(23)27-22(28-30(18)21)32-14-16-2-8-31-9-3-16/h10,12-13,16,24H,2-9,11,14H2,1H3,(H2,23,27,28). The van der Waals surface area contributed by atoms with E-state index in [4.69, 9.17) is 20.2 Å². The Hall–Kier alpha value is -2.98. The van der Waals surface area contributed by atoms with Crippen LogP contribution < -0.4 is 20.7 Å². The molecule has 2 aliphatic heterocycles. The lowest BCUT2D eigenvalue weighted by Crippen LogP contribution is -2.44. The zero-order chi connectivity index (χ0) is 21.9. The van der Waals surface area contributed by atoms with E-state index in [2.05, 4.69) is 38.3 Å². The predicted octanol–water partition coefficient (Wildman–Crippen LogP) is 1.22. The zero-order valence-electron chi connectivity index (χ0n) is 18.5. The number of hydrogen-bond donors (Lipinski definition) is 2. The van der Waals surface area contributed by atoms with Crippen molar-refractivity contribution >= 4 is 17.3 Å². The zero-order valence-corrected chi connectivity index (χ0v) is 18.5. The quantitative estimate of drug-likeness (QED) is 0.586. The van der Waals surface area contributed by atoms with Gasteiger partial charge in [0.15, 0.2) is 11.5 Å². The Morgan fingerprint density at radius 2 is 2.00 bits per heavy atom. The van der Waals surface area contributed by atoms with Crippen molar-refractivity contribution in [3.63, 3.8) is 0 Å². The van der Waals surface area contributed by atoms with Crippen LogP contribution in [0.15, 0.2) is 18.5 Å². The Bertz CT molecular complexity index is 1070. The third kappa shape index (κ3) is 4.46. The fourth-order valence-corrected chi connectivity index (χ4v) is 4.35. The molecule has 10 heteroatoms. The van der Waals surface area contributed by atoms with Crippen molar-refractivity contribution in [3.05, 3.63) is 35.3 Å². The highest BCUT2D eigenvalue weighted by Crippen LogP contribution is 2.22. The Balaban J connectivity index is 1.33. The van der Waals surface area contributed by atoms with Crippen LogP contribution in [-0.2, 0) is 11.2 Å². The van der Waals surface area contributed by atoms with Crippen LogP contribution in [0, 0.1) is 12.8 Å². The lowest BCUT2D eigenvalue weighted by molar-refractivity contribution is 0.0480. The summed E-state index contributed by atoms with van der Waals surface area (Å²) in [6.45, 7) is 8.18. The summed E-state index contributed by atoms with van der Waals surface area (Å²) in [6, 6.07) is 2.47. The number of nitrogens with one attached hydrogen (secondary N) is 1. The van der Waals surface area contributed by atoms with Crippen LogP contribution in [0.4, 0.5) is 11.6 Å². The number of nitrogen functional groups attached to an aromatic ring is 1. The van der Waals surface area contributed by atoms with Gasteiger partial charge in [0.1, 0.15) is 5.82 Å². The number of pyridine rings is 1. The number of nitrogens with zero attached hydrogens (tertiary/aromatic N) is 6. The molecule has 3 aromatic rings. The highest BCUT2D eigenvalue weighted by molar-refractivity contribution is 5.60. The number of imidazole rings is 1. The summed E-state index contributed by atoms with van der Waals surface area (Å²) in [4.78, 5) is 15.8. The fourth-order valence-electron chi connectivity index (χ4n) is 4.35.